The van der Waals surface area contributed by atoms with Gasteiger partial charge in [0.1, 0.15) is 11.3 Å². The molecule has 3 heterocycles. The van der Waals surface area contributed by atoms with Gasteiger partial charge in [-0.3, -0.25) is 9.55 Å². The summed E-state index contributed by atoms with van der Waals surface area (Å²) in [6, 6.07) is 65.7. The predicted molar refractivity (Wildman–Crippen MR) is 274 cm³/mol. The minimum absolute atomic E-state index is 0.211. The van der Waals surface area contributed by atoms with Crippen molar-refractivity contribution in [1.82, 2.24) is 19.5 Å². The summed E-state index contributed by atoms with van der Waals surface area (Å²) in [5, 5.41) is 12.6. The number of rotatable bonds is 8. The highest BCUT2D eigenvalue weighted by atomic mass is 16.3. The molecule has 0 saturated carbocycles. The van der Waals surface area contributed by atoms with E-state index in [0.29, 0.717) is 17.0 Å². The number of pyridine rings is 2. The second-order valence-corrected chi connectivity index (χ2v) is 19.1. The summed E-state index contributed by atoms with van der Waals surface area (Å²) in [6.45, 7) is 13.1. The summed E-state index contributed by atoms with van der Waals surface area (Å²) in [4.78, 5) is 15.7. The first kappa shape index (κ1) is 42.1. The second kappa shape index (κ2) is 16.9. The smallest absolute Gasteiger partial charge is 0.165 e. The molecule has 0 amide bonds. The summed E-state index contributed by atoms with van der Waals surface area (Å²) in [6.07, 6.45) is 3.77. The van der Waals surface area contributed by atoms with Gasteiger partial charge in [-0.1, -0.05) is 199 Å². The highest BCUT2D eigenvalue weighted by Gasteiger charge is 2.30. The van der Waals surface area contributed by atoms with Gasteiger partial charge in [0.25, 0.3) is 0 Å². The molecule has 0 aliphatic carbocycles. The van der Waals surface area contributed by atoms with Crippen LogP contribution in [-0.2, 0) is 10.8 Å². The molecule has 0 atom stereocenters. The van der Waals surface area contributed by atoms with Gasteiger partial charge in [-0.25, -0.2) is 9.97 Å². The van der Waals surface area contributed by atoms with E-state index in [1.165, 1.54) is 11.1 Å². The van der Waals surface area contributed by atoms with Gasteiger partial charge in [-0.15, -0.1) is 0 Å². The second-order valence-electron chi connectivity index (χ2n) is 19.1. The van der Waals surface area contributed by atoms with Crippen LogP contribution in [0.3, 0.4) is 0 Å². The summed E-state index contributed by atoms with van der Waals surface area (Å²) in [5.41, 5.74) is 17.0. The molecule has 0 aliphatic rings. The lowest BCUT2D eigenvalue weighted by molar-refractivity contribution is 0.446. The van der Waals surface area contributed by atoms with Gasteiger partial charge in [0, 0.05) is 40.2 Å². The van der Waals surface area contributed by atoms with Crippen molar-refractivity contribution in [3.63, 3.8) is 0 Å². The molecule has 7 aromatic carbocycles. The Balaban J connectivity index is 1.20. The highest BCUT2D eigenvalue weighted by molar-refractivity contribution is 5.97. The van der Waals surface area contributed by atoms with Crippen LogP contribution >= 0.6 is 0 Å². The molecule has 0 unspecified atom stereocenters. The molecule has 66 heavy (non-hydrogen) atoms. The van der Waals surface area contributed by atoms with Crippen LogP contribution in [0, 0.1) is 0 Å². The molecule has 3 aromatic heterocycles. The standard InChI is InChI=1S/C61H52N4O/c1-60(2,3)48-38-52(57(66)53(39-48)61(4,5)6)58-64-55-49(33-35-63-59(55)65(58)56-50(43-20-12-8-13-21-43)26-17-27-51(56)44-22-14-9-15-23-44)46-24-16-25-47(36-46)54-37-45(32-34-62-54)42-30-28-41(29-31-42)40-18-10-7-11-19-40/h7-39,66H,1-6H3. The molecule has 0 saturated heterocycles. The number of nitrogens with zero attached hydrogens (tertiary/aromatic N) is 4. The Morgan fingerprint density at radius 2 is 0.939 bits per heavy atom. The van der Waals surface area contributed by atoms with E-state index >= 15 is 0 Å². The number of hydrogen-bond acceptors (Lipinski definition) is 4. The van der Waals surface area contributed by atoms with Crippen LogP contribution in [0.5, 0.6) is 5.75 Å². The van der Waals surface area contributed by atoms with Gasteiger partial charge in [0.2, 0.25) is 0 Å². The van der Waals surface area contributed by atoms with Crippen molar-refractivity contribution in [1.29, 1.82) is 0 Å². The molecule has 0 aliphatic heterocycles. The van der Waals surface area contributed by atoms with E-state index in [-0.39, 0.29) is 16.6 Å². The van der Waals surface area contributed by atoms with Crippen LogP contribution in [0.15, 0.2) is 200 Å². The lowest BCUT2D eigenvalue weighted by atomic mass is 9.79. The lowest BCUT2D eigenvalue weighted by Crippen LogP contribution is -2.17. The topological polar surface area (TPSA) is 63.8 Å². The molecule has 322 valence electrons. The van der Waals surface area contributed by atoms with Crippen LogP contribution in [0.1, 0.15) is 52.7 Å². The molecule has 10 aromatic rings. The van der Waals surface area contributed by atoms with Gasteiger partial charge in [-0.05, 0) is 85.7 Å². The van der Waals surface area contributed by atoms with Gasteiger partial charge >= 0.3 is 0 Å². The van der Waals surface area contributed by atoms with Gasteiger partial charge in [-0.2, -0.15) is 0 Å². The largest absolute Gasteiger partial charge is 0.507 e. The zero-order chi connectivity index (χ0) is 45.6. The van der Waals surface area contributed by atoms with Crippen molar-refractivity contribution >= 4 is 11.2 Å². The van der Waals surface area contributed by atoms with E-state index in [1.54, 1.807) is 0 Å². The zero-order valence-corrected chi connectivity index (χ0v) is 38.3. The fourth-order valence-electron chi connectivity index (χ4n) is 8.99. The fraction of sp³-hybridized carbons (Fsp3) is 0.131. The third kappa shape index (κ3) is 7.98. The molecule has 5 heteroatoms. The minimum Gasteiger partial charge on any atom is -0.507 e. The maximum Gasteiger partial charge on any atom is 0.165 e. The number of phenols is 1. The molecule has 0 bridgehead atoms. The first-order valence-corrected chi connectivity index (χ1v) is 22.7. The van der Waals surface area contributed by atoms with Crippen LogP contribution < -0.4 is 0 Å². The number of hydrogen-bond donors (Lipinski definition) is 1. The Bertz CT molecular complexity index is 3300. The van der Waals surface area contributed by atoms with E-state index in [0.717, 1.165) is 78.1 Å². The maximum absolute atomic E-state index is 12.6. The van der Waals surface area contributed by atoms with E-state index in [1.807, 2.05) is 36.7 Å². The van der Waals surface area contributed by atoms with Crippen LogP contribution in [0.25, 0.3) is 95.1 Å². The Labute approximate surface area is 387 Å². The lowest BCUT2D eigenvalue weighted by Gasteiger charge is -2.28. The fourth-order valence-corrected chi connectivity index (χ4v) is 8.99. The SMILES string of the molecule is CC(C)(C)c1cc(-c2nc3c(-c4cccc(-c5cc(-c6ccc(-c7ccccc7)cc6)ccn5)c4)ccnc3n2-c2c(-c3ccccc3)cccc2-c2ccccc2)c(O)c(C(C)(C)C)c1. The van der Waals surface area contributed by atoms with Crippen molar-refractivity contribution in [3.8, 4) is 89.7 Å². The average Bonchev–Trinajstić information content (AvgIpc) is 3.73. The van der Waals surface area contributed by atoms with Crippen molar-refractivity contribution in [3.05, 3.63) is 212 Å². The van der Waals surface area contributed by atoms with Crippen molar-refractivity contribution in [2.24, 2.45) is 0 Å². The Morgan fingerprint density at radius 1 is 0.409 bits per heavy atom. The van der Waals surface area contributed by atoms with Crippen LogP contribution in [-0.4, -0.2) is 24.6 Å². The summed E-state index contributed by atoms with van der Waals surface area (Å²) < 4.78 is 2.19. The normalized spacial score (nSPS) is 11.8. The summed E-state index contributed by atoms with van der Waals surface area (Å²) >= 11 is 0. The Morgan fingerprint density at radius 3 is 1.55 bits per heavy atom. The first-order chi connectivity index (χ1) is 31.9. The van der Waals surface area contributed by atoms with E-state index in [2.05, 4.69) is 210 Å². The Kier molecular flexibility index (Phi) is 10.8. The molecule has 5 nitrogen and oxygen atoms in total. The van der Waals surface area contributed by atoms with Gasteiger partial charge in [0.05, 0.1) is 16.9 Å². The van der Waals surface area contributed by atoms with Crippen molar-refractivity contribution < 1.29 is 5.11 Å². The third-order valence-electron chi connectivity index (χ3n) is 12.6. The number of fused-ring (bicyclic) bond motifs is 1. The minimum atomic E-state index is -0.352. The van der Waals surface area contributed by atoms with Crippen molar-refractivity contribution in [2.75, 3.05) is 0 Å². The number of aromatic nitrogens is 4. The number of aromatic hydroxyl groups is 1. The van der Waals surface area contributed by atoms with E-state index < -0.39 is 0 Å². The number of benzene rings is 7. The molecule has 0 spiro atoms. The number of phenolic OH excluding ortho intramolecular Hbond substituents is 1. The first-order valence-electron chi connectivity index (χ1n) is 22.7. The molecule has 1 N–H and O–H groups in total. The van der Waals surface area contributed by atoms with E-state index in [9.17, 15) is 5.11 Å². The average molecular weight is 857 g/mol. The number of imidazole rings is 1. The monoisotopic (exact) mass is 856 g/mol. The molecule has 10 rings (SSSR count). The van der Waals surface area contributed by atoms with Crippen LogP contribution in [0.4, 0.5) is 0 Å². The summed E-state index contributed by atoms with van der Waals surface area (Å²) in [7, 11) is 0. The molecule has 0 radical (unpaired) electrons. The Hall–Kier alpha value is -7.89. The van der Waals surface area contributed by atoms with Crippen LogP contribution in [0.2, 0.25) is 0 Å². The third-order valence-corrected chi connectivity index (χ3v) is 12.6. The highest BCUT2D eigenvalue weighted by Crippen LogP contribution is 2.46. The number of para-hydroxylation sites is 1. The predicted octanol–water partition coefficient (Wildman–Crippen LogP) is 15.8. The molecular weight excluding hydrogens is 805 g/mol. The van der Waals surface area contributed by atoms with Crippen molar-refractivity contribution in [2.45, 2.75) is 52.4 Å². The van der Waals surface area contributed by atoms with E-state index in [4.69, 9.17) is 15.0 Å². The molecular formula is C61H52N4O. The quantitative estimate of drug-likeness (QED) is 0.165. The molecule has 0 fully saturated rings. The van der Waals surface area contributed by atoms with Gasteiger partial charge in [0.15, 0.2) is 11.5 Å². The zero-order valence-electron chi connectivity index (χ0n) is 38.3. The maximum atomic E-state index is 12.6. The summed E-state index contributed by atoms with van der Waals surface area (Å²) in [5.74, 6) is 0.832. The van der Waals surface area contributed by atoms with Gasteiger partial charge < -0.3 is 5.11 Å².